The number of thioether (sulfide) groups is 1. The van der Waals surface area contributed by atoms with Gasteiger partial charge in [-0.1, -0.05) is 12.1 Å². The summed E-state index contributed by atoms with van der Waals surface area (Å²) in [4.78, 5) is 25.5. The van der Waals surface area contributed by atoms with Gasteiger partial charge in [0.2, 0.25) is 0 Å². The van der Waals surface area contributed by atoms with Crippen molar-refractivity contribution in [2.24, 2.45) is 0 Å². The lowest BCUT2D eigenvalue weighted by Gasteiger charge is -2.26. The van der Waals surface area contributed by atoms with Crippen LogP contribution in [0.3, 0.4) is 0 Å². The van der Waals surface area contributed by atoms with Crippen molar-refractivity contribution in [3.05, 3.63) is 63.2 Å². The molecule has 0 aliphatic carbocycles. The number of nitrogens with zero attached hydrogens (tertiary/aromatic N) is 2. The van der Waals surface area contributed by atoms with Gasteiger partial charge in [0, 0.05) is 29.5 Å². The minimum atomic E-state index is -0.455. The van der Waals surface area contributed by atoms with E-state index in [1.807, 2.05) is 18.2 Å². The van der Waals surface area contributed by atoms with Crippen LogP contribution in [-0.4, -0.2) is 41.2 Å². The molecule has 0 saturated carbocycles. The molecule has 1 amide bonds. The molecule has 1 fully saturated rings. The molecule has 1 unspecified atom stereocenters. The number of rotatable bonds is 3. The second kappa shape index (κ2) is 7.11. The summed E-state index contributed by atoms with van der Waals surface area (Å²) >= 11 is 1.67. The fourth-order valence-electron chi connectivity index (χ4n) is 3.27. The van der Waals surface area contributed by atoms with Crippen LogP contribution in [0.5, 0.6) is 11.5 Å². The molecule has 7 nitrogen and oxygen atoms in total. The Morgan fingerprint density at radius 2 is 1.96 bits per heavy atom. The van der Waals surface area contributed by atoms with Crippen LogP contribution in [-0.2, 0) is 0 Å². The molecule has 27 heavy (non-hydrogen) atoms. The molecule has 2 aromatic rings. The Bertz CT molecular complexity index is 917. The quantitative estimate of drug-likeness (QED) is 0.593. The van der Waals surface area contributed by atoms with Crippen molar-refractivity contribution in [2.75, 3.05) is 25.5 Å². The van der Waals surface area contributed by atoms with Crippen LogP contribution in [0.1, 0.15) is 26.9 Å². The molecule has 4 rings (SSSR count). The number of nitro groups is 1. The number of ether oxygens (including phenoxy) is 2. The summed E-state index contributed by atoms with van der Waals surface area (Å²) < 4.78 is 11.2. The summed E-state index contributed by atoms with van der Waals surface area (Å²) in [6.45, 7) is 3.28. The first-order valence-corrected chi connectivity index (χ1v) is 9.66. The van der Waals surface area contributed by atoms with Crippen molar-refractivity contribution in [3.63, 3.8) is 0 Å². The van der Waals surface area contributed by atoms with Crippen LogP contribution in [0.2, 0.25) is 0 Å². The van der Waals surface area contributed by atoms with Gasteiger partial charge >= 0.3 is 0 Å². The second-order valence-electron chi connectivity index (χ2n) is 6.38. The highest BCUT2D eigenvalue weighted by Crippen LogP contribution is 2.42. The number of amides is 1. The SMILES string of the molecule is Cc1ccc(C(=O)N2CCSC2c2ccc3c(c2)OCCO3)cc1[N+](=O)[O-]. The largest absolute Gasteiger partial charge is 0.486 e. The van der Waals surface area contributed by atoms with E-state index in [1.54, 1.807) is 35.7 Å². The van der Waals surface area contributed by atoms with Crippen molar-refractivity contribution in [1.82, 2.24) is 4.90 Å². The van der Waals surface area contributed by atoms with E-state index in [0.29, 0.717) is 42.4 Å². The van der Waals surface area contributed by atoms with Gasteiger partial charge in [0.05, 0.1) is 4.92 Å². The lowest BCUT2D eigenvalue weighted by molar-refractivity contribution is -0.385. The molecular weight excluding hydrogens is 368 g/mol. The highest BCUT2D eigenvalue weighted by Gasteiger charge is 2.32. The van der Waals surface area contributed by atoms with E-state index in [4.69, 9.17) is 9.47 Å². The third kappa shape index (κ3) is 3.32. The number of carbonyl (C=O) groups excluding carboxylic acids is 1. The van der Waals surface area contributed by atoms with Crippen LogP contribution < -0.4 is 9.47 Å². The number of fused-ring (bicyclic) bond motifs is 1. The molecular formula is C19H18N2O5S. The monoisotopic (exact) mass is 386 g/mol. The highest BCUT2D eigenvalue weighted by atomic mass is 32.2. The number of benzene rings is 2. The maximum Gasteiger partial charge on any atom is 0.273 e. The van der Waals surface area contributed by atoms with Crippen LogP contribution in [0, 0.1) is 17.0 Å². The minimum Gasteiger partial charge on any atom is -0.486 e. The predicted octanol–water partition coefficient (Wildman–Crippen LogP) is 3.56. The van der Waals surface area contributed by atoms with E-state index < -0.39 is 4.92 Å². The summed E-state index contributed by atoms with van der Waals surface area (Å²) in [7, 11) is 0. The first-order valence-electron chi connectivity index (χ1n) is 8.62. The van der Waals surface area contributed by atoms with Gasteiger partial charge in [-0.15, -0.1) is 11.8 Å². The van der Waals surface area contributed by atoms with Crippen LogP contribution in [0.4, 0.5) is 5.69 Å². The Kier molecular flexibility index (Phi) is 4.65. The minimum absolute atomic E-state index is 0.0384. The van der Waals surface area contributed by atoms with Crippen LogP contribution >= 0.6 is 11.8 Å². The molecule has 0 radical (unpaired) electrons. The van der Waals surface area contributed by atoms with E-state index in [-0.39, 0.29) is 17.0 Å². The van der Waals surface area contributed by atoms with Gasteiger partial charge in [0.15, 0.2) is 11.5 Å². The smallest absolute Gasteiger partial charge is 0.273 e. The fraction of sp³-hybridized carbons (Fsp3) is 0.316. The van der Waals surface area contributed by atoms with Gasteiger partial charge < -0.3 is 14.4 Å². The lowest BCUT2D eigenvalue weighted by Crippen LogP contribution is -2.30. The molecule has 1 atom stereocenters. The highest BCUT2D eigenvalue weighted by molar-refractivity contribution is 7.99. The molecule has 140 valence electrons. The van der Waals surface area contributed by atoms with Crippen molar-refractivity contribution in [2.45, 2.75) is 12.3 Å². The maximum absolute atomic E-state index is 13.0. The number of hydrogen-bond acceptors (Lipinski definition) is 6. The van der Waals surface area contributed by atoms with Crippen molar-refractivity contribution in [3.8, 4) is 11.5 Å². The fourth-order valence-corrected chi connectivity index (χ4v) is 4.52. The third-order valence-electron chi connectivity index (χ3n) is 4.66. The zero-order valence-electron chi connectivity index (χ0n) is 14.7. The Hall–Kier alpha value is -2.74. The summed E-state index contributed by atoms with van der Waals surface area (Å²) in [5.74, 6) is 1.99. The van der Waals surface area contributed by atoms with E-state index in [0.717, 1.165) is 11.3 Å². The molecule has 8 heteroatoms. The van der Waals surface area contributed by atoms with Crippen LogP contribution in [0.15, 0.2) is 36.4 Å². The van der Waals surface area contributed by atoms with Gasteiger partial charge in [-0.3, -0.25) is 14.9 Å². The zero-order valence-corrected chi connectivity index (χ0v) is 15.5. The van der Waals surface area contributed by atoms with E-state index in [1.165, 1.54) is 6.07 Å². The number of nitro benzene ring substituents is 1. The molecule has 2 aliphatic rings. The third-order valence-corrected chi connectivity index (χ3v) is 5.92. The number of carbonyl (C=O) groups is 1. The lowest BCUT2D eigenvalue weighted by atomic mass is 10.1. The zero-order chi connectivity index (χ0) is 19.0. The standard InChI is InChI=1S/C19H18N2O5S/c1-12-2-3-13(10-15(12)21(23)24)18(22)20-6-9-27-19(20)14-4-5-16-17(11-14)26-8-7-25-16/h2-5,10-11,19H,6-9H2,1H3. The molecule has 2 aliphatic heterocycles. The van der Waals surface area contributed by atoms with Crippen molar-refractivity contribution >= 4 is 23.4 Å². The van der Waals surface area contributed by atoms with Crippen molar-refractivity contribution < 1.29 is 19.2 Å². The maximum atomic E-state index is 13.0. The number of aryl methyl sites for hydroxylation is 1. The first kappa shape index (κ1) is 17.7. The van der Waals surface area contributed by atoms with Gasteiger partial charge in [-0.05, 0) is 30.7 Å². The topological polar surface area (TPSA) is 81.9 Å². The van der Waals surface area contributed by atoms with Gasteiger partial charge in [-0.25, -0.2) is 0 Å². The van der Waals surface area contributed by atoms with Gasteiger partial charge in [-0.2, -0.15) is 0 Å². The number of hydrogen-bond donors (Lipinski definition) is 0. The van der Waals surface area contributed by atoms with E-state index >= 15 is 0 Å². The average Bonchev–Trinajstić information content (AvgIpc) is 3.17. The van der Waals surface area contributed by atoms with E-state index in [9.17, 15) is 14.9 Å². The van der Waals surface area contributed by atoms with Crippen LogP contribution in [0.25, 0.3) is 0 Å². The molecule has 0 bridgehead atoms. The van der Waals surface area contributed by atoms with Gasteiger partial charge in [0.1, 0.15) is 18.6 Å². The summed E-state index contributed by atoms with van der Waals surface area (Å²) in [6.07, 6.45) is 0. The summed E-state index contributed by atoms with van der Waals surface area (Å²) in [6, 6.07) is 10.3. The molecule has 0 spiro atoms. The normalized spacial score (nSPS) is 18.4. The summed E-state index contributed by atoms with van der Waals surface area (Å²) in [5, 5.41) is 11.0. The molecule has 2 heterocycles. The van der Waals surface area contributed by atoms with E-state index in [2.05, 4.69) is 0 Å². The molecule has 0 N–H and O–H groups in total. The Labute approximate surface area is 160 Å². The molecule has 0 aromatic heterocycles. The average molecular weight is 386 g/mol. The first-order chi connectivity index (χ1) is 13.0. The predicted molar refractivity (Wildman–Crippen MR) is 102 cm³/mol. The Morgan fingerprint density at radius 3 is 2.74 bits per heavy atom. The van der Waals surface area contributed by atoms with Crippen molar-refractivity contribution in [1.29, 1.82) is 0 Å². The molecule has 2 aromatic carbocycles. The van der Waals surface area contributed by atoms with Gasteiger partial charge in [0.25, 0.3) is 11.6 Å². The molecule has 1 saturated heterocycles. The Morgan fingerprint density at radius 1 is 1.19 bits per heavy atom. The Balaban J connectivity index is 1.62. The summed E-state index contributed by atoms with van der Waals surface area (Å²) in [5.41, 5.74) is 1.79. The second-order valence-corrected chi connectivity index (χ2v) is 7.57.